The summed E-state index contributed by atoms with van der Waals surface area (Å²) in [6.07, 6.45) is 1.48. The smallest absolute Gasteiger partial charge is 0.240 e. The van der Waals surface area contributed by atoms with Crippen LogP contribution in [0.5, 0.6) is 0 Å². The number of hydrogen-bond donors (Lipinski definition) is 1. The van der Waals surface area contributed by atoms with E-state index in [4.69, 9.17) is 0 Å². The minimum Gasteiger partial charge on any atom is -0.284 e. The molecule has 1 heterocycles. The standard InChI is InChI=1S/C18H18FN3O3S/c1-12(23)22-18(14-6-3-7-15(19)9-14)11-17(20-22)13-5-4-8-16(10-13)21-26(2,24)25/h3-10,18,21H,11H2,1-2H3/t18-/m1/s1. The number of rotatable bonds is 4. The van der Waals surface area contributed by atoms with Gasteiger partial charge in [0.05, 0.1) is 18.0 Å². The topological polar surface area (TPSA) is 78.8 Å². The zero-order valence-corrected chi connectivity index (χ0v) is 15.1. The number of carbonyl (C=O) groups excluding carboxylic acids is 1. The molecule has 6 nitrogen and oxygen atoms in total. The zero-order chi connectivity index (χ0) is 18.9. The number of sulfonamides is 1. The third-order valence-electron chi connectivity index (χ3n) is 3.97. The molecular weight excluding hydrogens is 357 g/mol. The van der Waals surface area contributed by atoms with Gasteiger partial charge in [-0.25, -0.2) is 17.8 Å². The Kier molecular flexibility index (Phi) is 4.78. The van der Waals surface area contributed by atoms with E-state index in [1.165, 1.54) is 24.1 Å². The number of nitrogens with one attached hydrogen (secondary N) is 1. The molecular formula is C18H18FN3O3S. The van der Waals surface area contributed by atoms with E-state index in [1.807, 2.05) is 0 Å². The highest BCUT2D eigenvalue weighted by Crippen LogP contribution is 2.33. The van der Waals surface area contributed by atoms with Crippen molar-refractivity contribution in [3.05, 3.63) is 65.5 Å². The van der Waals surface area contributed by atoms with Crippen LogP contribution in [0.25, 0.3) is 0 Å². The fourth-order valence-electron chi connectivity index (χ4n) is 2.92. The van der Waals surface area contributed by atoms with Crippen LogP contribution in [-0.2, 0) is 14.8 Å². The number of anilines is 1. The molecule has 0 radical (unpaired) electrons. The second-order valence-corrected chi connectivity index (χ2v) is 7.89. The van der Waals surface area contributed by atoms with Gasteiger partial charge in [0.2, 0.25) is 15.9 Å². The number of hydrogen-bond acceptors (Lipinski definition) is 4. The molecule has 1 amide bonds. The van der Waals surface area contributed by atoms with Crippen molar-refractivity contribution in [2.24, 2.45) is 5.10 Å². The van der Waals surface area contributed by atoms with Gasteiger partial charge in [0.25, 0.3) is 0 Å². The second-order valence-electron chi connectivity index (χ2n) is 6.14. The van der Waals surface area contributed by atoms with Gasteiger partial charge in [0.15, 0.2) is 0 Å². The van der Waals surface area contributed by atoms with Gasteiger partial charge in [-0.1, -0.05) is 24.3 Å². The first kappa shape index (κ1) is 18.1. The summed E-state index contributed by atoms with van der Waals surface area (Å²) in [4.78, 5) is 12.0. The lowest BCUT2D eigenvalue weighted by Crippen LogP contribution is -2.24. The predicted octanol–water partition coefficient (Wildman–Crippen LogP) is 2.89. The van der Waals surface area contributed by atoms with E-state index in [1.54, 1.807) is 36.4 Å². The third-order valence-corrected chi connectivity index (χ3v) is 4.57. The molecule has 26 heavy (non-hydrogen) atoms. The van der Waals surface area contributed by atoms with Crippen molar-refractivity contribution in [1.29, 1.82) is 0 Å². The van der Waals surface area contributed by atoms with Gasteiger partial charge in [0, 0.05) is 19.0 Å². The highest BCUT2D eigenvalue weighted by molar-refractivity contribution is 7.92. The van der Waals surface area contributed by atoms with Gasteiger partial charge in [-0.3, -0.25) is 9.52 Å². The summed E-state index contributed by atoms with van der Waals surface area (Å²) in [6, 6.07) is 12.5. The molecule has 1 N–H and O–H groups in total. The molecule has 0 unspecified atom stereocenters. The Morgan fingerprint density at radius 3 is 2.62 bits per heavy atom. The summed E-state index contributed by atoms with van der Waals surface area (Å²) in [5, 5.41) is 5.72. The zero-order valence-electron chi connectivity index (χ0n) is 14.3. The summed E-state index contributed by atoms with van der Waals surface area (Å²) >= 11 is 0. The number of carbonyl (C=O) groups is 1. The number of halogens is 1. The van der Waals surface area contributed by atoms with Crippen molar-refractivity contribution < 1.29 is 17.6 Å². The Labute approximate surface area is 151 Å². The number of nitrogens with zero attached hydrogens (tertiary/aromatic N) is 2. The molecule has 0 aliphatic carbocycles. The van der Waals surface area contributed by atoms with Gasteiger partial charge in [-0.15, -0.1) is 0 Å². The Hall–Kier alpha value is -2.74. The number of benzene rings is 2. The molecule has 136 valence electrons. The molecule has 0 bridgehead atoms. The summed E-state index contributed by atoms with van der Waals surface area (Å²) in [5.41, 5.74) is 2.40. The Balaban J connectivity index is 1.93. The first-order valence-electron chi connectivity index (χ1n) is 7.94. The van der Waals surface area contributed by atoms with Crippen molar-refractivity contribution in [1.82, 2.24) is 5.01 Å². The van der Waals surface area contributed by atoms with Crippen LogP contribution in [0.2, 0.25) is 0 Å². The summed E-state index contributed by atoms with van der Waals surface area (Å²) in [5.74, 6) is -0.626. The lowest BCUT2D eigenvalue weighted by molar-refractivity contribution is -0.130. The molecule has 0 spiro atoms. The van der Waals surface area contributed by atoms with Crippen LogP contribution in [0, 0.1) is 5.82 Å². The van der Waals surface area contributed by atoms with Crippen LogP contribution >= 0.6 is 0 Å². The molecule has 2 aromatic rings. The lowest BCUT2D eigenvalue weighted by atomic mass is 9.98. The molecule has 0 saturated carbocycles. The van der Waals surface area contributed by atoms with Crippen LogP contribution in [0.15, 0.2) is 53.6 Å². The first-order chi connectivity index (χ1) is 12.2. The van der Waals surface area contributed by atoms with Gasteiger partial charge in [-0.2, -0.15) is 5.10 Å². The Morgan fingerprint density at radius 1 is 1.23 bits per heavy atom. The first-order valence-corrected chi connectivity index (χ1v) is 9.83. The maximum absolute atomic E-state index is 13.6. The van der Waals surface area contributed by atoms with Gasteiger partial charge >= 0.3 is 0 Å². The van der Waals surface area contributed by atoms with E-state index in [9.17, 15) is 17.6 Å². The van der Waals surface area contributed by atoms with Crippen LogP contribution in [0.3, 0.4) is 0 Å². The van der Waals surface area contributed by atoms with Crippen LogP contribution in [0.1, 0.15) is 30.5 Å². The molecule has 3 rings (SSSR count). The molecule has 0 aromatic heterocycles. The van der Waals surface area contributed by atoms with Crippen LogP contribution in [0.4, 0.5) is 10.1 Å². The summed E-state index contributed by atoms with van der Waals surface area (Å²) < 4.78 is 38.8. The van der Waals surface area contributed by atoms with Gasteiger partial charge in [-0.05, 0) is 35.4 Å². The highest BCUT2D eigenvalue weighted by atomic mass is 32.2. The monoisotopic (exact) mass is 375 g/mol. The quantitative estimate of drug-likeness (QED) is 0.892. The fourth-order valence-corrected chi connectivity index (χ4v) is 3.48. The minimum atomic E-state index is -3.40. The summed E-state index contributed by atoms with van der Waals surface area (Å²) in [6.45, 7) is 1.40. The van der Waals surface area contributed by atoms with Crippen molar-refractivity contribution in [2.75, 3.05) is 11.0 Å². The van der Waals surface area contributed by atoms with E-state index in [-0.39, 0.29) is 11.7 Å². The second kappa shape index (κ2) is 6.87. The molecule has 0 fully saturated rings. The van der Waals surface area contributed by atoms with Crippen LogP contribution < -0.4 is 4.72 Å². The molecule has 2 aromatic carbocycles. The van der Waals surface area contributed by atoms with Crippen LogP contribution in [-0.4, -0.2) is 31.3 Å². The van der Waals surface area contributed by atoms with E-state index >= 15 is 0 Å². The number of hydrazone groups is 1. The van der Waals surface area contributed by atoms with E-state index in [0.29, 0.717) is 28.9 Å². The largest absolute Gasteiger partial charge is 0.284 e. The fraction of sp³-hybridized carbons (Fsp3) is 0.222. The molecule has 0 saturated heterocycles. The molecule has 1 aliphatic heterocycles. The SMILES string of the molecule is CC(=O)N1N=C(c2cccc(NS(C)(=O)=O)c2)C[C@@H]1c1cccc(F)c1. The highest BCUT2D eigenvalue weighted by Gasteiger charge is 2.31. The van der Waals surface area contributed by atoms with Crippen molar-refractivity contribution in [3.63, 3.8) is 0 Å². The lowest BCUT2D eigenvalue weighted by Gasteiger charge is -2.20. The average molecular weight is 375 g/mol. The minimum absolute atomic E-state index is 0.250. The number of amides is 1. The average Bonchev–Trinajstić information content (AvgIpc) is 2.99. The normalized spacial score (nSPS) is 17.1. The van der Waals surface area contributed by atoms with Gasteiger partial charge in [0.1, 0.15) is 5.82 Å². The predicted molar refractivity (Wildman–Crippen MR) is 97.7 cm³/mol. The van der Waals surface area contributed by atoms with E-state index in [2.05, 4.69) is 9.82 Å². The van der Waals surface area contributed by atoms with Crippen molar-refractivity contribution >= 4 is 27.3 Å². The Morgan fingerprint density at radius 2 is 1.96 bits per heavy atom. The Bertz CT molecular complexity index is 989. The maximum atomic E-state index is 13.6. The van der Waals surface area contributed by atoms with Crippen molar-refractivity contribution in [2.45, 2.75) is 19.4 Å². The van der Waals surface area contributed by atoms with Gasteiger partial charge < -0.3 is 0 Å². The molecule has 1 aliphatic rings. The third kappa shape index (κ3) is 4.08. The maximum Gasteiger partial charge on any atom is 0.240 e. The van der Waals surface area contributed by atoms with Crippen molar-refractivity contribution in [3.8, 4) is 0 Å². The molecule has 1 atom stereocenters. The molecule has 8 heteroatoms. The summed E-state index contributed by atoms with van der Waals surface area (Å²) in [7, 11) is -3.40. The van der Waals surface area contributed by atoms with E-state index in [0.717, 1.165) is 6.26 Å². The van der Waals surface area contributed by atoms with E-state index < -0.39 is 16.1 Å².